The second-order valence-corrected chi connectivity index (χ2v) is 8.63. The number of rotatable bonds is 9. The number of carbonyl (C=O) groups excluding carboxylic acids is 2. The quantitative estimate of drug-likeness (QED) is 0.123. The standard InChI is InChI=1S/C24H33N5O2.HI/c1-3-25-24(27-13-15-28(2)19-8-5-4-6-9-19)26-12-7-14-29-22(30)20-17-10-11-18(16-17)21(20)23(29)31;/h4-6,8-11,17-18,20-21H,3,7,12-16H2,1-2H3,(H2,25,26,27);1H. The van der Waals surface area contributed by atoms with Crippen LogP contribution in [-0.2, 0) is 9.59 Å². The number of likely N-dealkylation sites (N-methyl/N-ethyl adjacent to an activating group) is 1. The van der Waals surface area contributed by atoms with Crippen LogP contribution in [0.25, 0.3) is 0 Å². The zero-order valence-corrected chi connectivity index (χ0v) is 21.2. The summed E-state index contributed by atoms with van der Waals surface area (Å²) < 4.78 is 0. The molecule has 3 aliphatic rings. The largest absolute Gasteiger partial charge is 0.373 e. The van der Waals surface area contributed by atoms with Gasteiger partial charge in [-0.05, 0) is 43.7 Å². The zero-order valence-electron chi connectivity index (χ0n) is 18.9. The molecule has 2 fully saturated rings. The van der Waals surface area contributed by atoms with E-state index >= 15 is 0 Å². The maximum absolute atomic E-state index is 12.7. The molecule has 4 atom stereocenters. The van der Waals surface area contributed by atoms with Crippen LogP contribution >= 0.6 is 24.0 Å². The van der Waals surface area contributed by atoms with Gasteiger partial charge in [-0.2, -0.15) is 0 Å². The van der Waals surface area contributed by atoms with Gasteiger partial charge in [0.1, 0.15) is 0 Å². The lowest BCUT2D eigenvalue weighted by atomic mass is 9.85. The van der Waals surface area contributed by atoms with Gasteiger partial charge < -0.3 is 15.5 Å². The van der Waals surface area contributed by atoms with Crippen molar-refractivity contribution in [3.63, 3.8) is 0 Å². The van der Waals surface area contributed by atoms with E-state index in [1.54, 1.807) is 0 Å². The molecule has 1 aromatic carbocycles. The van der Waals surface area contributed by atoms with Crippen LogP contribution in [0.5, 0.6) is 0 Å². The highest BCUT2D eigenvalue weighted by atomic mass is 127. The number of amides is 2. The summed E-state index contributed by atoms with van der Waals surface area (Å²) >= 11 is 0. The van der Waals surface area contributed by atoms with Gasteiger partial charge >= 0.3 is 0 Å². The summed E-state index contributed by atoms with van der Waals surface area (Å²) in [5.74, 6) is 1.16. The highest BCUT2D eigenvalue weighted by Crippen LogP contribution is 2.52. The normalized spacial score (nSPS) is 25.7. The number of carbonyl (C=O) groups is 2. The van der Waals surface area contributed by atoms with Gasteiger partial charge in [-0.3, -0.25) is 19.5 Å². The molecule has 1 heterocycles. The lowest BCUT2D eigenvalue weighted by Crippen LogP contribution is -2.41. The van der Waals surface area contributed by atoms with Gasteiger partial charge in [-0.25, -0.2) is 0 Å². The van der Waals surface area contributed by atoms with Crippen LogP contribution < -0.4 is 15.5 Å². The fourth-order valence-corrected chi connectivity index (χ4v) is 5.10. The van der Waals surface area contributed by atoms with Crippen molar-refractivity contribution in [2.75, 3.05) is 44.7 Å². The Bertz CT molecular complexity index is 829. The molecule has 1 saturated heterocycles. The SMILES string of the molecule is CCNC(=NCCCN1C(=O)C2C3C=CC(C3)C2C1=O)NCCN(C)c1ccccc1.I. The molecule has 7 nitrogen and oxygen atoms in total. The van der Waals surface area contributed by atoms with E-state index in [-0.39, 0.29) is 59.5 Å². The number of nitrogens with one attached hydrogen (secondary N) is 2. The molecule has 1 saturated carbocycles. The van der Waals surface area contributed by atoms with Gasteiger partial charge in [0, 0.05) is 45.5 Å². The van der Waals surface area contributed by atoms with Crippen LogP contribution in [0.4, 0.5) is 5.69 Å². The van der Waals surface area contributed by atoms with Gasteiger partial charge in [0.15, 0.2) is 5.96 Å². The van der Waals surface area contributed by atoms with E-state index in [1.165, 1.54) is 10.6 Å². The Kier molecular flexibility index (Phi) is 8.56. The van der Waals surface area contributed by atoms with Gasteiger partial charge in [0.25, 0.3) is 0 Å². The van der Waals surface area contributed by atoms with E-state index in [1.807, 2.05) is 25.1 Å². The Morgan fingerprint density at radius 1 is 1.09 bits per heavy atom. The number of hydrogen-bond donors (Lipinski definition) is 2. The second-order valence-electron chi connectivity index (χ2n) is 8.63. The molecule has 2 bridgehead atoms. The van der Waals surface area contributed by atoms with Crippen LogP contribution in [0.1, 0.15) is 19.8 Å². The number of allylic oxidation sites excluding steroid dienone is 2. The van der Waals surface area contributed by atoms with Crippen molar-refractivity contribution >= 4 is 47.4 Å². The Morgan fingerprint density at radius 3 is 2.38 bits per heavy atom. The fourth-order valence-electron chi connectivity index (χ4n) is 5.10. The fraction of sp³-hybridized carbons (Fsp3) is 0.542. The molecule has 8 heteroatoms. The van der Waals surface area contributed by atoms with Crippen molar-refractivity contribution in [3.05, 3.63) is 42.5 Å². The first-order valence-electron chi connectivity index (χ1n) is 11.4. The van der Waals surface area contributed by atoms with Gasteiger partial charge in [-0.1, -0.05) is 30.4 Å². The van der Waals surface area contributed by atoms with E-state index < -0.39 is 0 Å². The third-order valence-corrected chi connectivity index (χ3v) is 6.65. The average molecular weight is 551 g/mol. The van der Waals surface area contributed by atoms with Crippen LogP contribution in [0.2, 0.25) is 0 Å². The molecule has 174 valence electrons. The highest BCUT2D eigenvalue weighted by molar-refractivity contribution is 14.0. The molecule has 2 aliphatic carbocycles. The smallest absolute Gasteiger partial charge is 0.233 e. The molecular formula is C24H34IN5O2. The van der Waals surface area contributed by atoms with Crippen LogP contribution in [0.15, 0.2) is 47.5 Å². The average Bonchev–Trinajstić information content (AvgIpc) is 3.46. The minimum atomic E-state index is -0.105. The van der Waals surface area contributed by atoms with Crippen molar-refractivity contribution in [1.29, 1.82) is 0 Å². The van der Waals surface area contributed by atoms with Crippen molar-refractivity contribution in [2.45, 2.75) is 19.8 Å². The second kappa shape index (κ2) is 11.2. The summed E-state index contributed by atoms with van der Waals surface area (Å²) in [6.45, 7) is 5.47. The van der Waals surface area contributed by atoms with E-state index in [4.69, 9.17) is 0 Å². The maximum atomic E-state index is 12.7. The number of fused-ring (bicyclic) bond motifs is 5. The summed E-state index contributed by atoms with van der Waals surface area (Å²) in [6, 6.07) is 10.3. The number of imide groups is 1. The molecule has 32 heavy (non-hydrogen) atoms. The third-order valence-electron chi connectivity index (χ3n) is 6.65. The number of guanidine groups is 1. The number of benzene rings is 1. The minimum Gasteiger partial charge on any atom is -0.373 e. The van der Waals surface area contributed by atoms with Crippen molar-refractivity contribution in [3.8, 4) is 0 Å². The Hall–Kier alpha value is -2.10. The molecule has 1 aromatic rings. The summed E-state index contributed by atoms with van der Waals surface area (Å²) in [5.41, 5.74) is 1.18. The molecule has 4 unspecified atom stereocenters. The van der Waals surface area contributed by atoms with Gasteiger partial charge in [0.05, 0.1) is 11.8 Å². The molecule has 2 amide bonds. The van der Waals surface area contributed by atoms with E-state index in [0.29, 0.717) is 19.5 Å². The lowest BCUT2D eigenvalue weighted by Gasteiger charge is -2.20. The lowest BCUT2D eigenvalue weighted by molar-refractivity contribution is -0.140. The number of hydrogen-bond acceptors (Lipinski definition) is 4. The molecule has 0 radical (unpaired) electrons. The van der Waals surface area contributed by atoms with Crippen LogP contribution in [0, 0.1) is 23.7 Å². The Labute approximate surface area is 207 Å². The predicted octanol–water partition coefficient (Wildman–Crippen LogP) is 2.49. The molecule has 2 N–H and O–H groups in total. The number of nitrogens with zero attached hydrogens (tertiary/aromatic N) is 3. The first kappa shape index (κ1) is 24.5. The zero-order chi connectivity index (χ0) is 21.8. The van der Waals surface area contributed by atoms with E-state index in [9.17, 15) is 9.59 Å². The third kappa shape index (κ3) is 5.10. The summed E-state index contributed by atoms with van der Waals surface area (Å²) in [7, 11) is 2.07. The van der Waals surface area contributed by atoms with E-state index in [0.717, 1.165) is 32.0 Å². The van der Waals surface area contributed by atoms with Crippen molar-refractivity contribution < 1.29 is 9.59 Å². The van der Waals surface area contributed by atoms with Crippen LogP contribution in [-0.4, -0.2) is 62.4 Å². The van der Waals surface area contributed by atoms with Crippen molar-refractivity contribution in [1.82, 2.24) is 15.5 Å². The van der Waals surface area contributed by atoms with E-state index in [2.05, 4.69) is 51.9 Å². The Balaban J connectivity index is 0.00000289. The highest BCUT2D eigenvalue weighted by Gasteiger charge is 2.58. The molecule has 0 spiro atoms. The van der Waals surface area contributed by atoms with Gasteiger partial charge in [0.2, 0.25) is 11.8 Å². The predicted molar refractivity (Wildman–Crippen MR) is 138 cm³/mol. The number of aliphatic imine (C=N–C) groups is 1. The molecule has 0 aromatic heterocycles. The first-order valence-corrected chi connectivity index (χ1v) is 11.4. The topological polar surface area (TPSA) is 77.0 Å². The monoisotopic (exact) mass is 551 g/mol. The molecule has 1 aliphatic heterocycles. The van der Waals surface area contributed by atoms with Gasteiger partial charge in [-0.15, -0.1) is 24.0 Å². The summed E-state index contributed by atoms with van der Waals surface area (Å²) in [4.78, 5) is 33.8. The number of halogens is 1. The number of para-hydroxylation sites is 1. The number of likely N-dealkylation sites (tertiary alicyclic amines) is 1. The van der Waals surface area contributed by atoms with Crippen LogP contribution in [0.3, 0.4) is 0 Å². The molecule has 4 rings (SSSR count). The number of anilines is 1. The Morgan fingerprint density at radius 2 is 1.75 bits per heavy atom. The molecular weight excluding hydrogens is 517 g/mol. The summed E-state index contributed by atoms with van der Waals surface area (Å²) in [5, 5.41) is 6.62. The van der Waals surface area contributed by atoms with Crippen molar-refractivity contribution in [2.24, 2.45) is 28.7 Å². The summed E-state index contributed by atoms with van der Waals surface area (Å²) in [6.07, 6.45) is 5.92. The maximum Gasteiger partial charge on any atom is 0.233 e. The first-order chi connectivity index (χ1) is 15.1. The minimum absolute atomic E-state index is 0.